The van der Waals surface area contributed by atoms with Crippen molar-refractivity contribution in [1.29, 1.82) is 0 Å². The number of nitrogens with zero attached hydrogens (tertiary/aromatic N) is 1. The summed E-state index contributed by atoms with van der Waals surface area (Å²) in [5.74, 6) is 2.25. The average Bonchev–Trinajstić information content (AvgIpc) is 2.90. The predicted octanol–water partition coefficient (Wildman–Crippen LogP) is 3.71. The molecule has 0 amide bonds. The summed E-state index contributed by atoms with van der Waals surface area (Å²) in [6.07, 6.45) is 3.68. The summed E-state index contributed by atoms with van der Waals surface area (Å²) >= 11 is 3.19. The molecule has 0 aliphatic rings. The highest BCUT2D eigenvalue weighted by molar-refractivity contribution is 8.03. The smallest absolute Gasteiger partial charge is 0.149 e. The zero-order valence-corrected chi connectivity index (χ0v) is 13.0. The lowest BCUT2D eigenvalue weighted by Crippen LogP contribution is -2.22. The van der Waals surface area contributed by atoms with Crippen LogP contribution in [0.5, 0.6) is 0 Å². The molecule has 0 saturated heterocycles. The summed E-state index contributed by atoms with van der Waals surface area (Å²) in [4.78, 5) is 13.1. The molecule has 0 atom stereocenters. The number of ketones is 1. The van der Waals surface area contributed by atoms with Crippen molar-refractivity contribution in [2.24, 2.45) is 0 Å². The number of hydrogen-bond acceptors (Lipinski definition) is 5. The molecule has 1 aromatic rings. The molecule has 0 unspecified atom stereocenters. The third kappa shape index (κ3) is 5.20. The minimum Gasteiger partial charge on any atom is -0.463 e. The molecular weight excluding hydrogens is 278 g/mol. The molecule has 3 nitrogen and oxygen atoms in total. The van der Waals surface area contributed by atoms with Crippen LogP contribution in [0.4, 0.5) is 0 Å². The van der Waals surface area contributed by atoms with Gasteiger partial charge in [0.15, 0.2) is 0 Å². The highest BCUT2D eigenvalue weighted by Gasteiger charge is 2.15. The zero-order valence-electron chi connectivity index (χ0n) is 11.3. The van der Waals surface area contributed by atoms with Gasteiger partial charge in [-0.05, 0) is 25.3 Å². The average molecular weight is 297 g/mol. The lowest BCUT2D eigenvalue weighted by molar-refractivity contribution is -0.114. The quantitative estimate of drug-likeness (QED) is 0.694. The molecule has 0 spiro atoms. The molecule has 0 aromatic carbocycles. The van der Waals surface area contributed by atoms with Gasteiger partial charge in [-0.15, -0.1) is 11.8 Å². The first-order valence-corrected chi connectivity index (χ1v) is 8.24. The van der Waals surface area contributed by atoms with Crippen molar-refractivity contribution in [3.8, 4) is 0 Å². The zero-order chi connectivity index (χ0) is 14.3. The summed E-state index contributed by atoms with van der Waals surface area (Å²) in [6, 6.07) is 3.70. The van der Waals surface area contributed by atoms with Gasteiger partial charge in [0.25, 0.3) is 0 Å². The van der Waals surface area contributed by atoms with Crippen LogP contribution >= 0.6 is 23.5 Å². The number of carbonyl (C=O) groups excluding carboxylic acids is 1. The van der Waals surface area contributed by atoms with Gasteiger partial charge in [0.2, 0.25) is 0 Å². The Morgan fingerprint density at radius 3 is 2.74 bits per heavy atom. The molecule has 0 aliphatic carbocycles. The number of carbonyl (C=O) groups is 1. The van der Waals surface area contributed by atoms with Crippen LogP contribution in [0.25, 0.3) is 5.70 Å². The third-order valence-electron chi connectivity index (χ3n) is 2.39. The molecule has 104 valence electrons. The van der Waals surface area contributed by atoms with Gasteiger partial charge < -0.3 is 9.32 Å². The van der Waals surface area contributed by atoms with E-state index in [4.69, 9.17) is 4.42 Å². The normalized spacial score (nSPS) is 10.2. The predicted molar refractivity (Wildman–Crippen MR) is 85.1 cm³/mol. The maximum atomic E-state index is 11.1. The Labute approximate surface area is 123 Å². The fourth-order valence-corrected chi connectivity index (χ4v) is 2.52. The standard InChI is InChI=1S/C14H19NO2S2/c1-11(16)10-19-13(3)15(7-9-18-4)12(2)14-6-5-8-17-14/h5-6,8H,2-3,7,9-10H2,1,4H3. The van der Waals surface area contributed by atoms with Crippen molar-refractivity contribution >= 4 is 35.0 Å². The molecule has 0 saturated carbocycles. The number of hydrogen-bond donors (Lipinski definition) is 0. The van der Waals surface area contributed by atoms with E-state index in [9.17, 15) is 4.79 Å². The second-order valence-corrected chi connectivity index (χ2v) is 5.99. The molecule has 5 heteroatoms. The second-order valence-electron chi connectivity index (χ2n) is 3.95. The van der Waals surface area contributed by atoms with Crippen molar-refractivity contribution in [3.05, 3.63) is 42.3 Å². The first-order chi connectivity index (χ1) is 9.06. The van der Waals surface area contributed by atoms with Gasteiger partial charge >= 0.3 is 0 Å². The maximum absolute atomic E-state index is 11.1. The number of Topliss-reactive ketones (excluding diaryl/α,β-unsaturated/α-hetero) is 1. The third-order valence-corrected chi connectivity index (χ3v) is 4.09. The molecule has 0 fully saturated rings. The van der Waals surface area contributed by atoms with E-state index in [0.29, 0.717) is 5.75 Å². The van der Waals surface area contributed by atoms with Crippen LogP contribution in [-0.4, -0.2) is 35.0 Å². The van der Waals surface area contributed by atoms with E-state index in [1.807, 2.05) is 17.0 Å². The van der Waals surface area contributed by atoms with Gasteiger partial charge in [-0.25, -0.2) is 0 Å². The Morgan fingerprint density at radius 2 is 2.21 bits per heavy atom. The summed E-state index contributed by atoms with van der Waals surface area (Å²) in [6.45, 7) is 10.5. The first-order valence-electron chi connectivity index (χ1n) is 5.86. The van der Waals surface area contributed by atoms with Crippen LogP contribution < -0.4 is 0 Å². The summed E-state index contributed by atoms with van der Waals surface area (Å²) < 4.78 is 5.37. The van der Waals surface area contributed by atoms with Crippen LogP contribution in [0.3, 0.4) is 0 Å². The molecule has 1 heterocycles. The second kappa shape index (κ2) is 8.17. The van der Waals surface area contributed by atoms with Crippen molar-refractivity contribution in [1.82, 2.24) is 4.90 Å². The molecular formula is C14H19NO2S2. The highest BCUT2D eigenvalue weighted by atomic mass is 32.2. The fourth-order valence-electron chi connectivity index (χ4n) is 1.43. The molecule has 0 aliphatic heterocycles. The molecule has 0 N–H and O–H groups in total. The van der Waals surface area contributed by atoms with E-state index < -0.39 is 0 Å². The number of thioether (sulfide) groups is 2. The number of rotatable bonds is 9. The minimum absolute atomic E-state index is 0.138. The van der Waals surface area contributed by atoms with Crippen molar-refractivity contribution in [2.75, 3.05) is 24.3 Å². The Bertz CT molecular complexity index is 440. The molecule has 1 aromatic heterocycles. The largest absolute Gasteiger partial charge is 0.463 e. The fraction of sp³-hybridized carbons (Fsp3) is 0.357. The molecule has 0 radical (unpaired) electrons. The van der Waals surface area contributed by atoms with Crippen LogP contribution in [-0.2, 0) is 4.79 Å². The van der Waals surface area contributed by atoms with Gasteiger partial charge in [0.05, 0.1) is 22.7 Å². The van der Waals surface area contributed by atoms with Crippen LogP contribution in [0, 0.1) is 0 Å². The van der Waals surface area contributed by atoms with Crippen LogP contribution in [0.15, 0.2) is 41.0 Å². The SMILES string of the molecule is C=C(SCC(C)=O)N(CCSC)C(=C)c1ccco1. The van der Waals surface area contributed by atoms with E-state index in [1.165, 1.54) is 11.8 Å². The van der Waals surface area contributed by atoms with Gasteiger partial charge in [0.1, 0.15) is 11.5 Å². The van der Waals surface area contributed by atoms with E-state index in [2.05, 4.69) is 19.4 Å². The van der Waals surface area contributed by atoms with Crippen LogP contribution in [0.2, 0.25) is 0 Å². The lowest BCUT2D eigenvalue weighted by atomic mass is 10.3. The minimum atomic E-state index is 0.138. The lowest BCUT2D eigenvalue weighted by Gasteiger charge is -2.26. The van der Waals surface area contributed by atoms with Crippen molar-refractivity contribution in [3.63, 3.8) is 0 Å². The van der Waals surface area contributed by atoms with E-state index in [-0.39, 0.29) is 5.78 Å². The summed E-state index contributed by atoms with van der Waals surface area (Å²) in [5, 5.41) is 0.825. The number of furan rings is 1. The maximum Gasteiger partial charge on any atom is 0.149 e. The Balaban J connectivity index is 2.73. The Morgan fingerprint density at radius 1 is 1.47 bits per heavy atom. The monoisotopic (exact) mass is 297 g/mol. The van der Waals surface area contributed by atoms with Crippen LogP contribution in [0.1, 0.15) is 12.7 Å². The van der Waals surface area contributed by atoms with Gasteiger partial charge in [-0.1, -0.05) is 13.2 Å². The van der Waals surface area contributed by atoms with Gasteiger partial charge in [-0.2, -0.15) is 11.8 Å². The Kier molecular flexibility index (Phi) is 6.87. The Hall–Kier alpha value is -1.07. The van der Waals surface area contributed by atoms with E-state index >= 15 is 0 Å². The first kappa shape index (κ1) is 16.0. The van der Waals surface area contributed by atoms with Gasteiger partial charge in [0, 0.05) is 12.3 Å². The van der Waals surface area contributed by atoms with Crippen molar-refractivity contribution < 1.29 is 9.21 Å². The molecule has 0 bridgehead atoms. The summed E-state index contributed by atoms with van der Waals surface area (Å²) in [7, 11) is 0. The van der Waals surface area contributed by atoms with E-state index in [1.54, 1.807) is 24.9 Å². The highest BCUT2D eigenvalue weighted by Crippen LogP contribution is 2.28. The topological polar surface area (TPSA) is 33.5 Å². The van der Waals surface area contributed by atoms with Gasteiger partial charge in [-0.3, -0.25) is 4.79 Å². The summed E-state index contributed by atoms with van der Waals surface area (Å²) in [5.41, 5.74) is 0.778. The molecule has 1 rings (SSSR count). The molecule has 19 heavy (non-hydrogen) atoms. The van der Waals surface area contributed by atoms with E-state index in [0.717, 1.165) is 28.8 Å². The van der Waals surface area contributed by atoms with Crippen molar-refractivity contribution in [2.45, 2.75) is 6.92 Å².